The molecule has 3 rings (SSSR count). The van der Waals surface area contributed by atoms with Crippen molar-refractivity contribution in [2.75, 3.05) is 0 Å². The molecule has 114 valence electrons. The molecule has 0 fully saturated rings. The van der Waals surface area contributed by atoms with Gasteiger partial charge in [-0.3, -0.25) is 4.79 Å². The second kappa shape index (κ2) is 6.18. The number of thioether (sulfide) groups is 1. The molecule has 0 radical (unpaired) electrons. The van der Waals surface area contributed by atoms with Crippen LogP contribution >= 0.6 is 39.0 Å². The van der Waals surface area contributed by atoms with E-state index in [0.29, 0.717) is 0 Å². The maximum absolute atomic E-state index is 12.4. The van der Waals surface area contributed by atoms with Crippen LogP contribution in [-0.2, 0) is 0 Å². The van der Waals surface area contributed by atoms with Crippen LogP contribution < -0.4 is 5.56 Å². The van der Waals surface area contributed by atoms with Crippen LogP contribution in [0.5, 0.6) is 0 Å². The molecule has 0 aliphatic carbocycles. The third-order valence-corrected chi connectivity index (χ3v) is 6.82. The highest BCUT2D eigenvalue weighted by Gasteiger charge is 2.16. The topological polar surface area (TPSA) is 45.8 Å². The van der Waals surface area contributed by atoms with Crippen molar-refractivity contribution < 1.29 is 0 Å². The molecule has 2 heterocycles. The number of H-pyrrole nitrogens is 1. The zero-order valence-electron chi connectivity index (χ0n) is 12.4. The van der Waals surface area contributed by atoms with Crippen molar-refractivity contribution in [1.29, 1.82) is 0 Å². The molecule has 0 saturated heterocycles. The van der Waals surface area contributed by atoms with Crippen molar-refractivity contribution in [2.45, 2.75) is 30.9 Å². The maximum Gasteiger partial charge on any atom is 0.259 e. The molecule has 0 bridgehead atoms. The van der Waals surface area contributed by atoms with Crippen LogP contribution in [0.25, 0.3) is 10.2 Å². The van der Waals surface area contributed by atoms with E-state index in [1.807, 2.05) is 32.0 Å². The van der Waals surface area contributed by atoms with Crippen molar-refractivity contribution in [3.8, 4) is 0 Å². The van der Waals surface area contributed by atoms with E-state index < -0.39 is 0 Å². The molecule has 1 aromatic carbocycles. The third kappa shape index (κ3) is 2.87. The van der Waals surface area contributed by atoms with Gasteiger partial charge in [-0.05, 0) is 54.4 Å². The van der Waals surface area contributed by atoms with E-state index in [9.17, 15) is 4.79 Å². The van der Waals surface area contributed by atoms with Crippen molar-refractivity contribution in [2.24, 2.45) is 0 Å². The molecule has 3 nitrogen and oxygen atoms in total. The summed E-state index contributed by atoms with van der Waals surface area (Å²) in [7, 11) is 0. The molecule has 0 spiro atoms. The monoisotopic (exact) mass is 394 g/mol. The van der Waals surface area contributed by atoms with Gasteiger partial charge in [0.2, 0.25) is 0 Å². The number of nitrogens with zero attached hydrogens (tertiary/aromatic N) is 1. The molecule has 0 saturated carbocycles. The number of thiophene rings is 1. The highest BCUT2D eigenvalue weighted by Crippen LogP contribution is 2.37. The van der Waals surface area contributed by atoms with Crippen LogP contribution in [0, 0.1) is 13.8 Å². The average molecular weight is 395 g/mol. The zero-order valence-corrected chi connectivity index (χ0v) is 15.7. The lowest BCUT2D eigenvalue weighted by atomic mass is 10.2. The average Bonchev–Trinajstić information content (AvgIpc) is 2.76. The van der Waals surface area contributed by atoms with Crippen molar-refractivity contribution in [3.63, 3.8) is 0 Å². The van der Waals surface area contributed by atoms with Gasteiger partial charge in [0.25, 0.3) is 5.56 Å². The number of fused-ring (bicyclic) bond motifs is 1. The van der Waals surface area contributed by atoms with Crippen LogP contribution in [0.3, 0.4) is 0 Å². The Kier molecular flexibility index (Phi) is 4.43. The van der Waals surface area contributed by atoms with Gasteiger partial charge in [0.15, 0.2) is 0 Å². The Hall–Kier alpha value is -1.11. The van der Waals surface area contributed by atoms with Crippen LogP contribution in [-0.4, -0.2) is 9.97 Å². The van der Waals surface area contributed by atoms with E-state index in [0.717, 1.165) is 35.8 Å². The SMILES string of the molecule is Cc1sc2nc(C(C)Sc3ccccc3Br)[nH]c(=O)c2c1C. The predicted octanol–water partition coefficient (Wildman–Crippen LogP) is 5.22. The molecule has 22 heavy (non-hydrogen) atoms. The van der Waals surface area contributed by atoms with Crippen LogP contribution in [0.2, 0.25) is 0 Å². The van der Waals surface area contributed by atoms with E-state index in [4.69, 9.17) is 0 Å². The summed E-state index contributed by atoms with van der Waals surface area (Å²) in [5.74, 6) is 0.722. The van der Waals surface area contributed by atoms with Crippen molar-refractivity contribution >= 4 is 49.2 Å². The van der Waals surface area contributed by atoms with Gasteiger partial charge in [-0.15, -0.1) is 23.1 Å². The minimum Gasteiger partial charge on any atom is -0.309 e. The van der Waals surface area contributed by atoms with Gasteiger partial charge < -0.3 is 4.98 Å². The third-order valence-electron chi connectivity index (χ3n) is 3.58. The maximum atomic E-state index is 12.4. The molecule has 2 aromatic heterocycles. The predicted molar refractivity (Wildman–Crippen MR) is 98.1 cm³/mol. The minimum atomic E-state index is -0.0403. The van der Waals surface area contributed by atoms with Crippen LogP contribution in [0.15, 0.2) is 38.4 Å². The summed E-state index contributed by atoms with van der Waals surface area (Å²) >= 11 is 6.81. The number of nitrogens with one attached hydrogen (secondary N) is 1. The van der Waals surface area contributed by atoms with Gasteiger partial charge in [-0.1, -0.05) is 12.1 Å². The summed E-state index contributed by atoms with van der Waals surface area (Å²) in [6.45, 7) is 6.06. The van der Waals surface area contributed by atoms with Gasteiger partial charge in [-0.25, -0.2) is 4.98 Å². The van der Waals surface area contributed by atoms with Crippen molar-refractivity contribution in [3.05, 3.63) is 55.4 Å². The van der Waals surface area contributed by atoms with Crippen LogP contribution in [0.1, 0.15) is 28.4 Å². The Labute approximate surface area is 145 Å². The van der Waals surface area contributed by atoms with Gasteiger partial charge in [0.05, 0.1) is 10.6 Å². The molecule has 1 unspecified atom stereocenters. The Bertz CT molecular complexity index is 901. The molecule has 1 atom stereocenters. The summed E-state index contributed by atoms with van der Waals surface area (Å²) in [6, 6.07) is 8.06. The highest BCUT2D eigenvalue weighted by atomic mass is 79.9. The van der Waals surface area contributed by atoms with Gasteiger partial charge >= 0.3 is 0 Å². The quantitative estimate of drug-likeness (QED) is 0.619. The lowest BCUT2D eigenvalue weighted by molar-refractivity contribution is 0.925. The number of benzene rings is 1. The summed E-state index contributed by atoms with van der Waals surface area (Å²) in [6.07, 6.45) is 0. The molecular weight excluding hydrogens is 380 g/mol. The Morgan fingerprint density at radius 3 is 2.77 bits per heavy atom. The van der Waals surface area contributed by atoms with E-state index in [1.54, 1.807) is 23.1 Å². The molecule has 0 aliphatic rings. The van der Waals surface area contributed by atoms with E-state index in [1.165, 1.54) is 0 Å². The fourth-order valence-electron chi connectivity index (χ4n) is 2.25. The number of hydrogen-bond acceptors (Lipinski definition) is 4. The Morgan fingerprint density at radius 1 is 1.32 bits per heavy atom. The van der Waals surface area contributed by atoms with Crippen molar-refractivity contribution in [1.82, 2.24) is 9.97 Å². The summed E-state index contributed by atoms with van der Waals surface area (Å²) in [5, 5.41) is 0.794. The molecule has 0 aliphatic heterocycles. The largest absolute Gasteiger partial charge is 0.309 e. The Morgan fingerprint density at radius 2 is 2.05 bits per heavy atom. The van der Waals surface area contributed by atoms with E-state index in [-0.39, 0.29) is 10.8 Å². The number of aromatic amines is 1. The molecule has 1 N–H and O–H groups in total. The number of halogens is 1. The fourth-order valence-corrected chi connectivity index (χ4v) is 4.79. The lowest BCUT2D eigenvalue weighted by Gasteiger charge is -2.11. The molecule has 0 amide bonds. The number of aromatic nitrogens is 2. The molecule has 3 aromatic rings. The smallest absolute Gasteiger partial charge is 0.259 e. The first-order valence-corrected chi connectivity index (χ1v) is 9.37. The van der Waals surface area contributed by atoms with E-state index >= 15 is 0 Å². The first-order valence-electron chi connectivity index (χ1n) is 6.88. The number of aryl methyl sites for hydroxylation is 2. The number of hydrogen-bond donors (Lipinski definition) is 1. The normalized spacial score (nSPS) is 12.7. The minimum absolute atomic E-state index is 0.0403. The van der Waals surface area contributed by atoms with Gasteiger partial charge in [-0.2, -0.15) is 0 Å². The first kappa shape index (κ1) is 15.8. The van der Waals surface area contributed by atoms with Crippen LogP contribution in [0.4, 0.5) is 0 Å². The zero-order chi connectivity index (χ0) is 15.9. The first-order chi connectivity index (χ1) is 10.5. The highest BCUT2D eigenvalue weighted by molar-refractivity contribution is 9.10. The Balaban J connectivity index is 2.00. The molecular formula is C16H15BrN2OS2. The summed E-state index contributed by atoms with van der Waals surface area (Å²) in [4.78, 5) is 23.1. The van der Waals surface area contributed by atoms with E-state index in [2.05, 4.69) is 38.9 Å². The number of rotatable bonds is 3. The fraction of sp³-hybridized carbons (Fsp3) is 0.250. The lowest BCUT2D eigenvalue weighted by Crippen LogP contribution is -2.12. The van der Waals surface area contributed by atoms with Gasteiger partial charge in [0.1, 0.15) is 10.7 Å². The second-order valence-electron chi connectivity index (χ2n) is 5.11. The molecule has 6 heteroatoms. The summed E-state index contributed by atoms with van der Waals surface area (Å²) in [5.41, 5.74) is 0.993. The van der Waals surface area contributed by atoms with Gasteiger partial charge in [0, 0.05) is 14.2 Å². The summed E-state index contributed by atoms with van der Waals surface area (Å²) < 4.78 is 1.05. The second-order valence-corrected chi connectivity index (χ2v) is 8.55. The standard InChI is InChI=1S/C16H15BrN2OS2/c1-8-9(2)22-16-13(8)15(20)18-14(19-16)10(3)21-12-7-5-4-6-11(12)17/h4-7,10H,1-3H3,(H,18,19,20).